The van der Waals surface area contributed by atoms with E-state index in [0.717, 1.165) is 12.8 Å². The molecule has 0 spiro atoms. The average Bonchev–Trinajstić information content (AvgIpc) is 2.76. The Morgan fingerprint density at radius 1 is 1.12 bits per heavy atom. The first kappa shape index (κ1) is 12.3. The number of hydrogen-bond acceptors (Lipinski definition) is 3. The molecule has 0 saturated heterocycles. The number of nitrogens with two attached hydrogens (primary N) is 1. The average molecular weight is 253 g/mol. The molecule has 0 atom stereocenters. The number of thioether (sulfide) groups is 2. The smallest absolute Gasteiger partial charge is 0.0421 e. The van der Waals surface area contributed by atoms with Crippen molar-refractivity contribution in [1.29, 1.82) is 0 Å². The zero-order valence-electron chi connectivity index (χ0n) is 9.95. The van der Waals surface area contributed by atoms with E-state index in [1.54, 1.807) is 0 Å². The van der Waals surface area contributed by atoms with Gasteiger partial charge >= 0.3 is 0 Å². The second kappa shape index (κ2) is 5.03. The van der Waals surface area contributed by atoms with E-state index in [-0.39, 0.29) is 5.54 Å². The minimum absolute atomic E-state index is 0.0654. The third-order valence-corrected chi connectivity index (χ3v) is 5.19. The van der Waals surface area contributed by atoms with Crippen LogP contribution in [0.2, 0.25) is 0 Å². The van der Waals surface area contributed by atoms with Crippen molar-refractivity contribution in [2.75, 3.05) is 12.5 Å². The molecule has 0 aliphatic heterocycles. The summed E-state index contributed by atoms with van der Waals surface area (Å²) in [7, 11) is 0. The van der Waals surface area contributed by atoms with Gasteiger partial charge in [0.1, 0.15) is 0 Å². The Morgan fingerprint density at radius 3 is 2.38 bits per heavy atom. The van der Waals surface area contributed by atoms with E-state index in [0.29, 0.717) is 0 Å². The first-order valence-electron chi connectivity index (χ1n) is 5.71. The molecule has 0 heterocycles. The summed E-state index contributed by atoms with van der Waals surface area (Å²) in [5.74, 6) is 0. The van der Waals surface area contributed by atoms with Gasteiger partial charge in [-0.3, -0.25) is 0 Å². The van der Waals surface area contributed by atoms with Crippen LogP contribution in [0.15, 0.2) is 28.0 Å². The fourth-order valence-corrected chi connectivity index (χ4v) is 4.32. The molecular formula is C13H19NS2. The van der Waals surface area contributed by atoms with Crippen LogP contribution in [0.3, 0.4) is 0 Å². The fourth-order valence-electron chi connectivity index (χ4n) is 2.55. The molecule has 2 N–H and O–H groups in total. The molecular weight excluding hydrogens is 234 g/mol. The Bertz CT molecular complexity index is 370. The van der Waals surface area contributed by atoms with Gasteiger partial charge < -0.3 is 5.73 Å². The van der Waals surface area contributed by atoms with Crippen molar-refractivity contribution in [3.63, 3.8) is 0 Å². The van der Waals surface area contributed by atoms with Gasteiger partial charge in [-0.25, -0.2) is 0 Å². The highest BCUT2D eigenvalue weighted by atomic mass is 32.2. The van der Waals surface area contributed by atoms with Crippen molar-refractivity contribution in [3.8, 4) is 0 Å². The lowest BCUT2D eigenvalue weighted by molar-refractivity contribution is 0.451. The summed E-state index contributed by atoms with van der Waals surface area (Å²) in [6, 6.07) is 6.56. The molecule has 3 heteroatoms. The van der Waals surface area contributed by atoms with E-state index in [1.165, 1.54) is 28.2 Å². The second-order valence-electron chi connectivity index (χ2n) is 4.40. The highest BCUT2D eigenvalue weighted by Crippen LogP contribution is 2.43. The van der Waals surface area contributed by atoms with Crippen LogP contribution >= 0.6 is 23.5 Å². The van der Waals surface area contributed by atoms with Crippen molar-refractivity contribution < 1.29 is 0 Å². The van der Waals surface area contributed by atoms with Gasteiger partial charge in [0.05, 0.1) is 0 Å². The van der Waals surface area contributed by atoms with Crippen molar-refractivity contribution in [3.05, 3.63) is 23.8 Å². The van der Waals surface area contributed by atoms with Gasteiger partial charge in [-0.15, -0.1) is 23.5 Å². The molecule has 1 aromatic carbocycles. The summed E-state index contributed by atoms with van der Waals surface area (Å²) in [5, 5.41) is 0. The molecule has 2 rings (SSSR count). The lowest BCUT2D eigenvalue weighted by atomic mass is 9.89. The first-order chi connectivity index (χ1) is 7.71. The largest absolute Gasteiger partial charge is 0.321 e. The summed E-state index contributed by atoms with van der Waals surface area (Å²) >= 11 is 3.65. The highest BCUT2D eigenvalue weighted by Gasteiger charge is 2.33. The van der Waals surface area contributed by atoms with Gasteiger partial charge in [0.25, 0.3) is 0 Å². The summed E-state index contributed by atoms with van der Waals surface area (Å²) < 4.78 is 0. The molecule has 1 fully saturated rings. The number of benzene rings is 1. The van der Waals surface area contributed by atoms with Gasteiger partial charge in [0, 0.05) is 15.3 Å². The Labute approximate surface area is 107 Å². The van der Waals surface area contributed by atoms with E-state index in [2.05, 4.69) is 30.7 Å². The number of hydrogen-bond donors (Lipinski definition) is 1. The van der Waals surface area contributed by atoms with E-state index in [4.69, 9.17) is 5.73 Å². The second-order valence-corrected chi connectivity index (χ2v) is 6.07. The first-order valence-corrected chi connectivity index (χ1v) is 8.16. The van der Waals surface area contributed by atoms with Crippen LogP contribution in [-0.4, -0.2) is 12.5 Å². The molecule has 0 radical (unpaired) electrons. The molecule has 1 aliphatic rings. The summed E-state index contributed by atoms with van der Waals surface area (Å²) in [6.07, 6.45) is 9.10. The van der Waals surface area contributed by atoms with E-state index in [1.807, 2.05) is 23.5 Å². The van der Waals surface area contributed by atoms with Crippen molar-refractivity contribution in [1.82, 2.24) is 0 Å². The third-order valence-electron chi connectivity index (χ3n) is 3.44. The zero-order valence-corrected chi connectivity index (χ0v) is 11.6. The van der Waals surface area contributed by atoms with Crippen molar-refractivity contribution >= 4 is 23.5 Å². The highest BCUT2D eigenvalue weighted by molar-refractivity contribution is 8.01. The molecule has 0 amide bonds. The van der Waals surface area contributed by atoms with Crippen LogP contribution in [0.5, 0.6) is 0 Å². The van der Waals surface area contributed by atoms with Crippen LogP contribution in [0.4, 0.5) is 0 Å². The molecule has 1 nitrogen and oxygen atoms in total. The maximum absolute atomic E-state index is 6.56. The molecule has 0 bridgehead atoms. The lowest BCUT2D eigenvalue weighted by Crippen LogP contribution is -2.33. The number of rotatable bonds is 3. The Balaban J connectivity index is 2.47. The maximum Gasteiger partial charge on any atom is 0.0421 e. The third kappa shape index (κ3) is 2.13. The predicted molar refractivity (Wildman–Crippen MR) is 74.3 cm³/mol. The van der Waals surface area contributed by atoms with Crippen LogP contribution < -0.4 is 5.73 Å². The standard InChI is InChI=1S/C13H19NS2/c1-15-11-7-5-6-10(12(11)16-2)13(14)8-3-4-9-13/h5-7H,3-4,8-9,14H2,1-2H3. The Morgan fingerprint density at radius 2 is 1.81 bits per heavy atom. The SMILES string of the molecule is CSc1cccc(C2(N)CCCC2)c1SC. The quantitative estimate of drug-likeness (QED) is 0.828. The van der Waals surface area contributed by atoms with Crippen LogP contribution in [-0.2, 0) is 5.54 Å². The van der Waals surface area contributed by atoms with Crippen molar-refractivity contribution in [2.24, 2.45) is 5.73 Å². The van der Waals surface area contributed by atoms with Crippen LogP contribution in [0.1, 0.15) is 31.2 Å². The maximum atomic E-state index is 6.56. The fraction of sp³-hybridized carbons (Fsp3) is 0.538. The molecule has 1 aromatic rings. The topological polar surface area (TPSA) is 26.0 Å². The summed E-state index contributed by atoms with van der Waals surface area (Å²) in [4.78, 5) is 2.75. The van der Waals surface area contributed by atoms with Crippen LogP contribution in [0.25, 0.3) is 0 Å². The van der Waals surface area contributed by atoms with Gasteiger partial charge in [-0.2, -0.15) is 0 Å². The molecule has 16 heavy (non-hydrogen) atoms. The van der Waals surface area contributed by atoms with Gasteiger partial charge in [0.15, 0.2) is 0 Å². The van der Waals surface area contributed by atoms with Gasteiger partial charge in [-0.05, 0) is 37.0 Å². The van der Waals surface area contributed by atoms with Crippen molar-refractivity contribution in [2.45, 2.75) is 41.0 Å². The van der Waals surface area contributed by atoms with Gasteiger partial charge in [-0.1, -0.05) is 25.0 Å². The molecule has 1 saturated carbocycles. The summed E-state index contributed by atoms with van der Waals surface area (Å²) in [6.45, 7) is 0. The summed E-state index contributed by atoms with van der Waals surface area (Å²) in [5.41, 5.74) is 7.86. The molecule has 88 valence electrons. The minimum atomic E-state index is -0.0654. The minimum Gasteiger partial charge on any atom is -0.321 e. The van der Waals surface area contributed by atoms with E-state index < -0.39 is 0 Å². The van der Waals surface area contributed by atoms with Crippen LogP contribution in [0, 0.1) is 0 Å². The Kier molecular flexibility index (Phi) is 3.88. The predicted octanol–water partition coefficient (Wildman–Crippen LogP) is 3.86. The molecule has 1 aliphatic carbocycles. The zero-order chi connectivity index (χ0) is 11.6. The Hall–Kier alpha value is -0.120. The van der Waals surface area contributed by atoms with E-state index in [9.17, 15) is 0 Å². The lowest BCUT2D eigenvalue weighted by Gasteiger charge is -2.27. The normalized spacial score (nSPS) is 18.9. The van der Waals surface area contributed by atoms with Gasteiger partial charge in [0.2, 0.25) is 0 Å². The molecule has 0 unspecified atom stereocenters. The van der Waals surface area contributed by atoms with E-state index >= 15 is 0 Å². The monoisotopic (exact) mass is 253 g/mol. The molecule has 0 aromatic heterocycles.